The summed E-state index contributed by atoms with van der Waals surface area (Å²) < 4.78 is 33.4. The average Bonchev–Trinajstić information content (AvgIpc) is 3.36. The van der Waals surface area contributed by atoms with Crippen LogP contribution in [0.15, 0.2) is 46.7 Å². The molecule has 2 aliphatic heterocycles. The topological polar surface area (TPSA) is 79.0 Å². The Morgan fingerprint density at radius 1 is 1.09 bits per heavy atom. The van der Waals surface area contributed by atoms with Crippen LogP contribution < -0.4 is 4.72 Å². The lowest BCUT2D eigenvalue weighted by molar-refractivity contribution is 0.0332. The molecule has 1 aromatic heterocycles. The van der Waals surface area contributed by atoms with Gasteiger partial charge in [-0.3, -0.25) is 9.69 Å². The van der Waals surface area contributed by atoms with Crippen LogP contribution in [-0.2, 0) is 21.3 Å². The van der Waals surface area contributed by atoms with Crippen LogP contribution in [0.2, 0.25) is 0 Å². The summed E-state index contributed by atoms with van der Waals surface area (Å²) in [5.41, 5.74) is 0.427. The zero-order valence-corrected chi connectivity index (χ0v) is 19.9. The molecule has 0 unspecified atom stereocenters. The highest BCUT2D eigenvalue weighted by Crippen LogP contribution is 2.23. The van der Waals surface area contributed by atoms with Crippen molar-refractivity contribution in [3.8, 4) is 0 Å². The normalized spacial score (nSPS) is 18.7. The van der Waals surface area contributed by atoms with E-state index in [1.54, 1.807) is 12.1 Å². The van der Waals surface area contributed by atoms with Gasteiger partial charge in [0.05, 0.1) is 18.1 Å². The number of nitrogens with zero attached hydrogens (tertiary/aromatic N) is 2. The number of piperidine rings is 1. The van der Waals surface area contributed by atoms with E-state index in [0.29, 0.717) is 11.5 Å². The van der Waals surface area contributed by atoms with E-state index in [0.717, 1.165) is 70.1 Å². The SMILES string of the molecule is O=C(c1cccc(S(=O)(=O)NCc2cccs2)c1)N1CCC(CCN2CCOCC2)CC1. The molecule has 0 bridgehead atoms. The molecule has 1 N–H and O–H groups in total. The van der Waals surface area contributed by atoms with E-state index >= 15 is 0 Å². The van der Waals surface area contributed by atoms with Gasteiger partial charge < -0.3 is 9.64 Å². The second-order valence-electron chi connectivity index (χ2n) is 8.41. The molecule has 1 aromatic carbocycles. The van der Waals surface area contributed by atoms with E-state index in [-0.39, 0.29) is 17.3 Å². The maximum Gasteiger partial charge on any atom is 0.253 e. The number of amides is 1. The Bertz CT molecular complexity index is 980. The van der Waals surface area contributed by atoms with Crippen molar-refractivity contribution >= 4 is 27.3 Å². The molecule has 2 fully saturated rings. The first-order valence-electron chi connectivity index (χ1n) is 11.2. The molecule has 0 saturated carbocycles. The Kier molecular flexibility index (Phi) is 7.96. The molecule has 32 heavy (non-hydrogen) atoms. The van der Waals surface area contributed by atoms with Crippen molar-refractivity contribution in [1.29, 1.82) is 0 Å². The number of hydrogen-bond acceptors (Lipinski definition) is 6. The fourth-order valence-electron chi connectivity index (χ4n) is 4.26. The Labute approximate surface area is 194 Å². The summed E-state index contributed by atoms with van der Waals surface area (Å²) in [5, 5.41) is 1.91. The fraction of sp³-hybridized carbons (Fsp3) is 0.522. The molecule has 9 heteroatoms. The number of likely N-dealkylation sites (tertiary alicyclic amines) is 1. The number of benzene rings is 1. The third kappa shape index (κ3) is 6.17. The third-order valence-electron chi connectivity index (χ3n) is 6.27. The van der Waals surface area contributed by atoms with Crippen LogP contribution in [0.5, 0.6) is 0 Å². The van der Waals surface area contributed by atoms with Crippen molar-refractivity contribution in [3.05, 3.63) is 52.2 Å². The van der Waals surface area contributed by atoms with Gasteiger partial charge >= 0.3 is 0 Å². The number of sulfonamides is 1. The molecule has 174 valence electrons. The summed E-state index contributed by atoms with van der Waals surface area (Å²) in [5.74, 6) is 0.544. The number of rotatable bonds is 8. The zero-order valence-electron chi connectivity index (χ0n) is 18.2. The van der Waals surface area contributed by atoms with E-state index in [9.17, 15) is 13.2 Å². The summed E-state index contributed by atoms with van der Waals surface area (Å²) in [4.78, 5) is 18.4. The minimum Gasteiger partial charge on any atom is -0.379 e. The number of morpholine rings is 1. The predicted molar refractivity (Wildman–Crippen MR) is 125 cm³/mol. The molecule has 0 aliphatic carbocycles. The van der Waals surface area contributed by atoms with E-state index in [4.69, 9.17) is 4.74 Å². The number of nitrogens with one attached hydrogen (secondary N) is 1. The van der Waals surface area contributed by atoms with Gasteiger partial charge in [0, 0.05) is 43.2 Å². The number of ether oxygens (including phenoxy) is 1. The fourth-order valence-corrected chi connectivity index (χ4v) is 6.04. The Morgan fingerprint density at radius 3 is 2.59 bits per heavy atom. The molecule has 2 aromatic rings. The lowest BCUT2D eigenvalue weighted by atomic mass is 9.93. The zero-order chi connectivity index (χ0) is 22.4. The molecular weight excluding hydrogens is 446 g/mol. The van der Waals surface area contributed by atoms with Crippen molar-refractivity contribution in [2.45, 2.75) is 30.7 Å². The van der Waals surface area contributed by atoms with Crippen molar-refractivity contribution in [3.63, 3.8) is 0 Å². The number of carbonyl (C=O) groups excluding carboxylic acids is 1. The third-order valence-corrected chi connectivity index (χ3v) is 8.54. The van der Waals surface area contributed by atoms with E-state index < -0.39 is 10.0 Å². The highest BCUT2D eigenvalue weighted by Gasteiger charge is 2.25. The maximum atomic E-state index is 13.0. The van der Waals surface area contributed by atoms with Gasteiger partial charge in [0.15, 0.2) is 0 Å². The molecule has 2 aliphatic rings. The molecule has 1 amide bonds. The van der Waals surface area contributed by atoms with E-state index in [2.05, 4.69) is 9.62 Å². The molecule has 0 radical (unpaired) electrons. The molecule has 0 spiro atoms. The summed E-state index contributed by atoms with van der Waals surface area (Å²) in [7, 11) is -3.68. The maximum absolute atomic E-state index is 13.0. The summed E-state index contributed by atoms with van der Waals surface area (Å²) in [6.07, 6.45) is 3.15. The second kappa shape index (κ2) is 10.9. The predicted octanol–water partition coefficient (Wildman–Crippen LogP) is 2.80. The molecule has 3 heterocycles. The summed E-state index contributed by atoms with van der Waals surface area (Å²) >= 11 is 1.50. The minimum absolute atomic E-state index is 0.0908. The average molecular weight is 478 g/mol. The highest BCUT2D eigenvalue weighted by atomic mass is 32.2. The monoisotopic (exact) mass is 477 g/mol. The molecule has 7 nitrogen and oxygen atoms in total. The van der Waals surface area contributed by atoms with Gasteiger partial charge in [-0.1, -0.05) is 12.1 Å². The Hall–Kier alpha value is -1.78. The lowest BCUT2D eigenvalue weighted by Gasteiger charge is -2.34. The van der Waals surface area contributed by atoms with Crippen molar-refractivity contribution < 1.29 is 17.9 Å². The smallest absolute Gasteiger partial charge is 0.253 e. The standard InChI is InChI=1S/C23H31N3O4S2/c27-23(26-10-7-19(8-11-26)6-9-25-12-14-30-15-13-25)20-3-1-5-22(17-20)32(28,29)24-18-21-4-2-16-31-21/h1-5,16-17,19,24H,6-15,18H2. The largest absolute Gasteiger partial charge is 0.379 e. The van der Waals surface area contributed by atoms with Crippen LogP contribution >= 0.6 is 11.3 Å². The molecular formula is C23H31N3O4S2. The second-order valence-corrected chi connectivity index (χ2v) is 11.2. The van der Waals surface area contributed by atoms with Crippen molar-refractivity contribution in [2.24, 2.45) is 5.92 Å². The van der Waals surface area contributed by atoms with Gasteiger partial charge in [0.2, 0.25) is 10.0 Å². The lowest BCUT2D eigenvalue weighted by Crippen LogP contribution is -2.40. The highest BCUT2D eigenvalue weighted by molar-refractivity contribution is 7.89. The van der Waals surface area contributed by atoms with Gasteiger partial charge in [-0.05, 0) is 61.4 Å². The van der Waals surface area contributed by atoms with E-state index in [1.807, 2.05) is 22.4 Å². The van der Waals surface area contributed by atoms with E-state index in [1.165, 1.54) is 23.5 Å². The quantitative estimate of drug-likeness (QED) is 0.633. The van der Waals surface area contributed by atoms with Crippen LogP contribution in [0, 0.1) is 5.92 Å². The van der Waals surface area contributed by atoms with Crippen LogP contribution in [0.4, 0.5) is 0 Å². The Balaban J connectivity index is 1.30. The van der Waals surface area contributed by atoms with Gasteiger partial charge in [0.25, 0.3) is 5.91 Å². The Morgan fingerprint density at radius 2 is 1.88 bits per heavy atom. The van der Waals surface area contributed by atoms with Gasteiger partial charge in [-0.15, -0.1) is 11.3 Å². The van der Waals surface area contributed by atoms with Gasteiger partial charge in [0.1, 0.15) is 0 Å². The summed E-state index contributed by atoms with van der Waals surface area (Å²) in [6, 6.07) is 10.1. The van der Waals surface area contributed by atoms with Crippen molar-refractivity contribution in [2.75, 3.05) is 45.9 Å². The number of thiophene rings is 1. The minimum atomic E-state index is -3.68. The number of hydrogen-bond donors (Lipinski definition) is 1. The van der Waals surface area contributed by atoms with Gasteiger partial charge in [-0.25, -0.2) is 13.1 Å². The summed E-state index contributed by atoms with van der Waals surface area (Å²) in [6.45, 7) is 6.46. The number of carbonyl (C=O) groups is 1. The molecule has 4 rings (SSSR count). The molecule has 0 atom stereocenters. The molecule has 2 saturated heterocycles. The first-order valence-corrected chi connectivity index (χ1v) is 13.6. The van der Waals surface area contributed by atoms with Crippen LogP contribution in [0.1, 0.15) is 34.5 Å². The first kappa shape index (κ1) is 23.4. The van der Waals surface area contributed by atoms with Crippen molar-refractivity contribution in [1.82, 2.24) is 14.5 Å². The van der Waals surface area contributed by atoms with Crippen LogP contribution in [-0.4, -0.2) is 70.1 Å². The van der Waals surface area contributed by atoms with Gasteiger partial charge in [-0.2, -0.15) is 0 Å². The first-order chi connectivity index (χ1) is 15.5. The van der Waals surface area contributed by atoms with Crippen LogP contribution in [0.3, 0.4) is 0 Å². The van der Waals surface area contributed by atoms with Crippen LogP contribution in [0.25, 0.3) is 0 Å².